The van der Waals surface area contributed by atoms with Crippen LogP contribution in [0.5, 0.6) is 0 Å². The zero-order valence-corrected chi connectivity index (χ0v) is 11.8. The first-order chi connectivity index (χ1) is 9.33. The van der Waals surface area contributed by atoms with Crippen LogP contribution in [0, 0.1) is 0 Å². The molecule has 1 N–H and O–H groups in total. The molecule has 94 valence electrons. The summed E-state index contributed by atoms with van der Waals surface area (Å²) in [6, 6.07) is 20.4. The first-order valence-corrected chi connectivity index (χ1v) is 6.94. The van der Waals surface area contributed by atoms with Gasteiger partial charge in [-0.05, 0) is 33.1 Å². The first-order valence-electron chi connectivity index (χ1n) is 6.15. The number of nitrogens with zero attached hydrogens (tertiary/aromatic N) is 1. The normalized spacial score (nSPS) is 18.3. The van der Waals surface area contributed by atoms with Gasteiger partial charge in [-0.3, -0.25) is 4.99 Å². The van der Waals surface area contributed by atoms with E-state index in [1.165, 1.54) is 0 Å². The van der Waals surface area contributed by atoms with Crippen molar-refractivity contribution in [3.8, 4) is 0 Å². The summed E-state index contributed by atoms with van der Waals surface area (Å²) in [5.41, 5.74) is 3.27. The highest BCUT2D eigenvalue weighted by molar-refractivity contribution is 9.11. The average molecular weight is 313 g/mol. The lowest BCUT2D eigenvalue weighted by atomic mass is 10.1. The third-order valence-corrected chi connectivity index (χ3v) is 3.45. The molecular formula is C16H13BrN2. The van der Waals surface area contributed by atoms with Crippen LogP contribution in [0.1, 0.15) is 17.3 Å². The number of hydrogen-bond donors (Lipinski definition) is 1. The van der Waals surface area contributed by atoms with Crippen LogP contribution in [0.4, 0.5) is 0 Å². The Balaban J connectivity index is 1.98. The van der Waals surface area contributed by atoms with Gasteiger partial charge >= 0.3 is 0 Å². The second-order valence-electron chi connectivity index (χ2n) is 4.33. The van der Waals surface area contributed by atoms with E-state index in [-0.39, 0.29) is 6.17 Å². The maximum absolute atomic E-state index is 4.77. The zero-order chi connectivity index (χ0) is 13.1. The van der Waals surface area contributed by atoms with E-state index in [2.05, 4.69) is 45.5 Å². The van der Waals surface area contributed by atoms with Gasteiger partial charge in [0.15, 0.2) is 0 Å². The van der Waals surface area contributed by atoms with Gasteiger partial charge < -0.3 is 5.32 Å². The monoisotopic (exact) mass is 312 g/mol. The molecule has 0 bridgehead atoms. The summed E-state index contributed by atoms with van der Waals surface area (Å²) >= 11 is 3.53. The minimum atomic E-state index is -0.0456. The van der Waals surface area contributed by atoms with Crippen LogP contribution in [0.15, 0.2) is 76.3 Å². The van der Waals surface area contributed by atoms with Gasteiger partial charge in [0, 0.05) is 0 Å². The van der Waals surface area contributed by atoms with Crippen molar-refractivity contribution in [1.82, 2.24) is 5.32 Å². The molecule has 1 unspecified atom stereocenters. The number of benzene rings is 2. The summed E-state index contributed by atoms with van der Waals surface area (Å²) in [4.78, 5) is 4.77. The molecule has 1 aliphatic rings. The van der Waals surface area contributed by atoms with E-state index in [4.69, 9.17) is 4.99 Å². The zero-order valence-electron chi connectivity index (χ0n) is 10.3. The Morgan fingerprint density at radius 2 is 1.53 bits per heavy atom. The predicted molar refractivity (Wildman–Crippen MR) is 82.3 cm³/mol. The fourth-order valence-electron chi connectivity index (χ4n) is 2.06. The Hall–Kier alpha value is -1.87. The molecule has 0 saturated carbocycles. The Morgan fingerprint density at radius 3 is 2.21 bits per heavy atom. The van der Waals surface area contributed by atoms with Gasteiger partial charge in [0.05, 0.1) is 10.3 Å². The number of aliphatic imine (C=N–C) groups is 1. The van der Waals surface area contributed by atoms with Crippen molar-refractivity contribution in [2.24, 2.45) is 4.99 Å². The molecule has 0 aromatic heterocycles. The minimum absolute atomic E-state index is 0.0456. The molecule has 1 atom stereocenters. The lowest BCUT2D eigenvalue weighted by Gasteiger charge is -2.21. The molecule has 3 heteroatoms. The molecule has 1 aliphatic heterocycles. The molecule has 0 spiro atoms. The number of allylic oxidation sites excluding steroid dienone is 1. The van der Waals surface area contributed by atoms with Crippen molar-refractivity contribution < 1.29 is 0 Å². The second-order valence-corrected chi connectivity index (χ2v) is 5.18. The first kappa shape index (κ1) is 12.2. The molecule has 19 heavy (non-hydrogen) atoms. The molecular weight excluding hydrogens is 300 g/mol. The maximum Gasteiger partial charge on any atom is 0.145 e. The van der Waals surface area contributed by atoms with E-state index in [0.29, 0.717) is 0 Å². The molecule has 0 amide bonds. The van der Waals surface area contributed by atoms with E-state index in [1.54, 1.807) is 0 Å². The highest BCUT2D eigenvalue weighted by Crippen LogP contribution is 2.23. The van der Waals surface area contributed by atoms with E-state index in [1.807, 2.05) is 42.5 Å². The van der Waals surface area contributed by atoms with Crippen molar-refractivity contribution in [2.45, 2.75) is 6.17 Å². The molecule has 0 aliphatic carbocycles. The van der Waals surface area contributed by atoms with Gasteiger partial charge in [0.25, 0.3) is 0 Å². The van der Waals surface area contributed by atoms with Crippen molar-refractivity contribution in [3.05, 3.63) is 82.5 Å². The van der Waals surface area contributed by atoms with Gasteiger partial charge in [0.2, 0.25) is 0 Å². The van der Waals surface area contributed by atoms with Crippen LogP contribution in [-0.2, 0) is 0 Å². The van der Waals surface area contributed by atoms with Gasteiger partial charge in [0.1, 0.15) is 6.17 Å². The fraction of sp³-hybridized carbons (Fsp3) is 0.0625. The molecule has 3 rings (SSSR count). The van der Waals surface area contributed by atoms with E-state index in [0.717, 1.165) is 21.4 Å². The molecule has 0 fully saturated rings. The summed E-state index contributed by atoms with van der Waals surface area (Å²) in [5.74, 6) is 0. The summed E-state index contributed by atoms with van der Waals surface area (Å²) in [6.07, 6.45) is 1.96. The van der Waals surface area contributed by atoms with E-state index < -0.39 is 0 Å². The number of halogens is 1. The summed E-state index contributed by atoms with van der Waals surface area (Å²) < 4.78 is 0.954. The molecule has 1 heterocycles. The predicted octanol–water partition coefficient (Wildman–Crippen LogP) is 4.01. The van der Waals surface area contributed by atoms with Crippen LogP contribution in [0.25, 0.3) is 0 Å². The Kier molecular flexibility index (Phi) is 3.47. The second kappa shape index (κ2) is 5.41. The Bertz CT molecular complexity index is 618. The van der Waals surface area contributed by atoms with Crippen molar-refractivity contribution in [1.29, 1.82) is 0 Å². The van der Waals surface area contributed by atoms with E-state index >= 15 is 0 Å². The van der Waals surface area contributed by atoms with E-state index in [9.17, 15) is 0 Å². The standard InChI is InChI=1S/C16H13BrN2/c17-15-11-14(12-7-3-1-4-8-12)18-16(19-15)13-9-5-2-6-10-13/h1-11,16,19H. The van der Waals surface area contributed by atoms with Crippen LogP contribution in [0.3, 0.4) is 0 Å². The van der Waals surface area contributed by atoms with Gasteiger partial charge in [-0.1, -0.05) is 60.7 Å². The topological polar surface area (TPSA) is 24.4 Å². The maximum atomic E-state index is 4.77. The highest BCUT2D eigenvalue weighted by atomic mass is 79.9. The Morgan fingerprint density at radius 1 is 0.895 bits per heavy atom. The fourth-order valence-corrected chi connectivity index (χ4v) is 2.49. The van der Waals surface area contributed by atoms with Crippen LogP contribution in [-0.4, -0.2) is 5.71 Å². The third kappa shape index (κ3) is 2.76. The summed E-state index contributed by atoms with van der Waals surface area (Å²) in [7, 11) is 0. The van der Waals surface area contributed by atoms with Gasteiger partial charge in [-0.2, -0.15) is 0 Å². The van der Waals surface area contributed by atoms with Crippen molar-refractivity contribution in [2.75, 3.05) is 0 Å². The van der Waals surface area contributed by atoms with Crippen LogP contribution < -0.4 is 5.32 Å². The lowest BCUT2D eigenvalue weighted by Crippen LogP contribution is -2.23. The van der Waals surface area contributed by atoms with Crippen LogP contribution >= 0.6 is 15.9 Å². The molecule has 2 aromatic rings. The molecule has 0 saturated heterocycles. The Labute approximate surface area is 121 Å². The number of rotatable bonds is 2. The SMILES string of the molecule is BrC1=CC(c2ccccc2)=NC(c2ccccc2)N1. The van der Waals surface area contributed by atoms with Gasteiger partial charge in [-0.15, -0.1) is 0 Å². The number of nitrogens with one attached hydrogen (secondary N) is 1. The number of hydrogen-bond acceptors (Lipinski definition) is 2. The van der Waals surface area contributed by atoms with Crippen molar-refractivity contribution >= 4 is 21.6 Å². The summed E-state index contributed by atoms with van der Waals surface area (Å²) in [5, 5.41) is 3.32. The minimum Gasteiger partial charge on any atom is -0.354 e. The summed E-state index contributed by atoms with van der Waals surface area (Å²) in [6.45, 7) is 0. The largest absolute Gasteiger partial charge is 0.354 e. The van der Waals surface area contributed by atoms with Crippen molar-refractivity contribution in [3.63, 3.8) is 0 Å². The molecule has 2 nitrogen and oxygen atoms in total. The average Bonchev–Trinajstić information content (AvgIpc) is 2.48. The smallest absolute Gasteiger partial charge is 0.145 e. The quantitative estimate of drug-likeness (QED) is 0.832. The molecule has 2 aromatic carbocycles. The molecule has 0 radical (unpaired) electrons. The lowest BCUT2D eigenvalue weighted by molar-refractivity contribution is 0.644. The highest BCUT2D eigenvalue weighted by Gasteiger charge is 2.16. The van der Waals surface area contributed by atoms with Gasteiger partial charge in [-0.25, -0.2) is 0 Å². The van der Waals surface area contributed by atoms with Crippen LogP contribution in [0.2, 0.25) is 0 Å². The third-order valence-electron chi connectivity index (χ3n) is 2.99.